The number of nitrogens with zero attached hydrogens (tertiary/aromatic N) is 3. The zero-order valence-electron chi connectivity index (χ0n) is 10.8. The summed E-state index contributed by atoms with van der Waals surface area (Å²) in [6, 6.07) is 1.73. The number of alkyl halides is 1. The van der Waals surface area contributed by atoms with Crippen molar-refractivity contribution in [3.05, 3.63) is 23.1 Å². The Bertz CT molecular complexity index is 715. The Balaban J connectivity index is 2.16. The van der Waals surface area contributed by atoms with Gasteiger partial charge in [-0.2, -0.15) is 0 Å². The molecule has 2 aromatic rings. The average Bonchev–Trinajstić information content (AvgIpc) is 2.70. The molecule has 0 fully saturated rings. The van der Waals surface area contributed by atoms with E-state index in [1.165, 1.54) is 0 Å². The van der Waals surface area contributed by atoms with E-state index in [1.54, 1.807) is 12.3 Å². The summed E-state index contributed by atoms with van der Waals surface area (Å²) in [7, 11) is -3.16. The molecule has 0 amide bonds. The fraction of sp³-hybridized carbons (Fsp3) is 0.455. The molecule has 0 atom stereocenters. The maximum Gasteiger partial charge on any atom is 0.208 e. The van der Waals surface area contributed by atoms with Crippen molar-refractivity contribution < 1.29 is 8.42 Å². The largest absolute Gasteiger partial charge is 0.312 e. The summed E-state index contributed by atoms with van der Waals surface area (Å²) in [5.41, 5.74) is 1.38. The van der Waals surface area contributed by atoms with Crippen LogP contribution in [-0.4, -0.2) is 35.8 Å². The molecule has 0 spiro atoms. The molecule has 2 rings (SSSR count). The van der Waals surface area contributed by atoms with Gasteiger partial charge in [0.1, 0.15) is 11.3 Å². The smallest absolute Gasteiger partial charge is 0.208 e. The Kier molecular flexibility index (Phi) is 4.85. The molecule has 0 saturated carbocycles. The summed E-state index contributed by atoms with van der Waals surface area (Å²) in [6.45, 7) is 0.934. The second-order valence-corrected chi connectivity index (χ2v) is 6.87. The zero-order chi connectivity index (χ0) is 14.8. The normalized spacial score (nSPS) is 12.2. The molecule has 110 valence electrons. The highest BCUT2D eigenvalue weighted by Gasteiger charge is 2.11. The Morgan fingerprint density at radius 3 is 2.85 bits per heavy atom. The Morgan fingerprint density at radius 2 is 2.20 bits per heavy atom. The Morgan fingerprint density at radius 1 is 1.45 bits per heavy atom. The van der Waals surface area contributed by atoms with Crippen molar-refractivity contribution in [1.29, 1.82) is 0 Å². The Labute approximate surface area is 127 Å². The average molecular weight is 337 g/mol. The molecular weight excluding hydrogens is 323 g/mol. The molecule has 0 bridgehead atoms. The summed E-state index contributed by atoms with van der Waals surface area (Å²) in [6.07, 6.45) is 3.30. The monoisotopic (exact) mass is 336 g/mol. The molecule has 0 aliphatic heterocycles. The van der Waals surface area contributed by atoms with Gasteiger partial charge in [0.15, 0.2) is 5.65 Å². The second kappa shape index (κ2) is 6.26. The lowest BCUT2D eigenvalue weighted by atomic mass is 10.4. The van der Waals surface area contributed by atoms with Gasteiger partial charge in [0.25, 0.3) is 0 Å². The van der Waals surface area contributed by atoms with Crippen molar-refractivity contribution >= 4 is 44.4 Å². The third kappa shape index (κ3) is 3.82. The van der Waals surface area contributed by atoms with Crippen molar-refractivity contribution in [3.63, 3.8) is 0 Å². The lowest BCUT2D eigenvalue weighted by Gasteiger charge is -2.07. The van der Waals surface area contributed by atoms with Crippen LogP contribution < -0.4 is 4.72 Å². The number of aromatic nitrogens is 3. The van der Waals surface area contributed by atoms with E-state index in [0.29, 0.717) is 41.5 Å². The molecule has 1 N–H and O–H groups in total. The maximum atomic E-state index is 11.0. The summed E-state index contributed by atoms with van der Waals surface area (Å²) in [4.78, 5) is 8.61. The van der Waals surface area contributed by atoms with E-state index in [1.807, 2.05) is 4.57 Å². The van der Waals surface area contributed by atoms with Gasteiger partial charge >= 0.3 is 0 Å². The molecular formula is C11H14Cl2N4O2S. The number of hydrogen-bond donors (Lipinski definition) is 1. The molecule has 0 radical (unpaired) electrons. The lowest BCUT2D eigenvalue weighted by molar-refractivity contribution is 0.574. The molecule has 0 saturated heterocycles. The summed E-state index contributed by atoms with van der Waals surface area (Å²) in [5, 5.41) is 0.516. The number of hydrogen-bond acceptors (Lipinski definition) is 4. The van der Waals surface area contributed by atoms with E-state index >= 15 is 0 Å². The summed E-state index contributed by atoms with van der Waals surface area (Å²) >= 11 is 11.8. The van der Waals surface area contributed by atoms with Crippen LogP contribution in [0.5, 0.6) is 0 Å². The number of rotatable bonds is 6. The van der Waals surface area contributed by atoms with Gasteiger partial charge in [-0.15, -0.1) is 11.6 Å². The topological polar surface area (TPSA) is 76.9 Å². The van der Waals surface area contributed by atoms with Gasteiger partial charge in [0.05, 0.1) is 17.2 Å². The lowest BCUT2D eigenvalue weighted by Crippen LogP contribution is -2.24. The first-order chi connectivity index (χ1) is 9.40. The van der Waals surface area contributed by atoms with E-state index in [0.717, 1.165) is 6.26 Å². The van der Waals surface area contributed by atoms with E-state index in [9.17, 15) is 8.42 Å². The minimum atomic E-state index is -3.16. The highest BCUT2D eigenvalue weighted by atomic mass is 35.5. The van der Waals surface area contributed by atoms with Gasteiger partial charge in [0.2, 0.25) is 10.0 Å². The van der Waals surface area contributed by atoms with Gasteiger partial charge in [-0.05, 0) is 12.5 Å². The van der Waals surface area contributed by atoms with Crippen LogP contribution in [0.1, 0.15) is 12.2 Å². The van der Waals surface area contributed by atoms with Crippen molar-refractivity contribution in [2.24, 2.45) is 0 Å². The number of aryl methyl sites for hydroxylation is 1. The third-order valence-corrected chi connectivity index (χ3v) is 3.85. The first kappa shape index (κ1) is 15.5. The van der Waals surface area contributed by atoms with E-state index < -0.39 is 10.0 Å². The van der Waals surface area contributed by atoms with Crippen LogP contribution in [0.15, 0.2) is 12.3 Å². The SMILES string of the molecule is CS(=O)(=O)NCCCn1c(CCl)nc2cc(Cl)cnc21. The predicted octanol–water partition coefficient (Wildman–Crippen LogP) is 1.76. The fourth-order valence-corrected chi connectivity index (χ4v) is 2.74. The maximum absolute atomic E-state index is 11.0. The van der Waals surface area contributed by atoms with Crippen molar-refractivity contribution in [3.8, 4) is 0 Å². The first-order valence-corrected chi connectivity index (χ1v) is 8.72. The number of imidazole rings is 1. The summed E-state index contributed by atoms with van der Waals surface area (Å²) < 4.78 is 26.3. The Hall–Kier alpha value is -0.890. The molecule has 2 aromatic heterocycles. The van der Waals surface area contributed by atoms with Gasteiger partial charge in [-0.25, -0.2) is 23.1 Å². The molecule has 0 aliphatic carbocycles. The minimum absolute atomic E-state index is 0.257. The molecule has 0 aromatic carbocycles. The number of pyridine rings is 1. The van der Waals surface area contributed by atoms with Crippen LogP contribution in [0.3, 0.4) is 0 Å². The quantitative estimate of drug-likeness (QED) is 0.644. The molecule has 2 heterocycles. The molecule has 20 heavy (non-hydrogen) atoms. The van der Waals surface area contributed by atoms with Crippen LogP contribution in [0.2, 0.25) is 5.02 Å². The van der Waals surface area contributed by atoms with Gasteiger partial charge in [-0.3, -0.25) is 0 Å². The number of nitrogens with one attached hydrogen (secondary N) is 1. The van der Waals surface area contributed by atoms with E-state index in [2.05, 4.69) is 14.7 Å². The van der Waals surface area contributed by atoms with E-state index in [-0.39, 0.29) is 5.88 Å². The number of sulfonamides is 1. The van der Waals surface area contributed by atoms with Crippen LogP contribution in [0.25, 0.3) is 11.2 Å². The van der Waals surface area contributed by atoms with Gasteiger partial charge in [-0.1, -0.05) is 11.6 Å². The van der Waals surface area contributed by atoms with Crippen LogP contribution in [0, 0.1) is 0 Å². The summed E-state index contributed by atoms with van der Waals surface area (Å²) in [5.74, 6) is 0.948. The van der Waals surface area contributed by atoms with Crippen LogP contribution in [0.4, 0.5) is 0 Å². The standard InChI is InChI=1S/C11H14Cl2N4O2S/c1-20(18,19)15-3-2-4-17-10(6-12)16-9-5-8(13)7-14-11(9)17/h5,7,15H,2-4,6H2,1H3. The van der Waals surface area contributed by atoms with Crippen molar-refractivity contribution in [2.45, 2.75) is 18.8 Å². The van der Waals surface area contributed by atoms with Gasteiger partial charge in [0, 0.05) is 19.3 Å². The molecule has 9 heteroatoms. The van der Waals surface area contributed by atoms with Crippen molar-refractivity contribution in [2.75, 3.05) is 12.8 Å². The van der Waals surface area contributed by atoms with Crippen molar-refractivity contribution in [1.82, 2.24) is 19.3 Å². The molecule has 6 nitrogen and oxygen atoms in total. The van der Waals surface area contributed by atoms with Gasteiger partial charge < -0.3 is 4.57 Å². The predicted molar refractivity (Wildman–Crippen MR) is 79.6 cm³/mol. The minimum Gasteiger partial charge on any atom is -0.312 e. The molecule has 0 aliphatic rings. The first-order valence-electron chi connectivity index (χ1n) is 5.92. The zero-order valence-corrected chi connectivity index (χ0v) is 13.1. The highest BCUT2D eigenvalue weighted by molar-refractivity contribution is 7.88. The third-order valence-electron chi connectivity index (χ3n) is 2.67. The highest BCUT2D eigenvalue weighted by Crippen LogP contribution is 2.19. The number of halogens is 2. The van der Waals surface area contributed by atoms with Crippen LogP contribution in [-0.2, 0) is 22.4 Å². The molecule has 0 unspecified atom stereocenters. The fourth-order valence-electron chi connectivity index (χ4n) is 1.86. The number of fused-ring (bicyclic) bond motifs is 1. The van der Waals surface area contributed by atoms with E-state index in [4.69, 9.17) is 23.2 Å². The van der Waals surface area contributed by atoms with Crippen LogP contribution >= 0.6 is 23.2 Å². The second-order valence-electron chi connectivity index (χ2n) is 4.33.